The van der Waals surface area contributed by atoms with Crippen molar-refractivity contribution >= 4 is 11.6 Å². The lowest BCUT2D eigenvalue weighted by molar-refractivity contribution is -0.121. The molecule has 6 heteroatoms. The number of nitrogens with zero attached hydrogens (tertiary/aromatic N) is 1. The molecule has 1 amide bonds. The summed E-state index contributed by atoms with van der Waals surface area (Å²) < 4.78 is 10.5. The van der Waals surface area contributed by atoms with Gasteiger partial charge in [0.05, 0.1) is 24.4 Å². The summed E-state index contributed by atoms with van der Waals surface area (Å²) in [5, 5.41) is 6.66. The Bertz CT molecular complexity index is 603. The Morgan fingerprint density at radius 2 is 2.14 bits per heavy atom. The Labute approximate surface area is 123 Å². The Morgan fingerprint density at radius 3 is 2.81 bits per heavy atom. The topological polar surface area (TPSA) is 90.4 Å². The minimum atomic E-state index is -0.0931. The molecule has 0 atom stereocenters. The van der Waals surface area contributed by atoms with Gasteiger partial charge in [0.25, 0.3) is 0 Å². The highest BCUT2D eigenvalue weighted by molar-refractivity contribution is 5.76. The van der Waals surface area contributed by atoms with Gasteiger partial charge in [-0.05, 0) is 26.0 Å². The van der Waals surface area contributed by atoms with Crippen molar-refractivity contribution in [2.75, 3.05) is 12.3 Å². The van der Waals surface area contributed by atoms with Crippen molar-refractivity contribution in [3.05, 3.63) is 41.3 Å². The maximum Gasteiger partial charge on any atom is 0.223 e. The van der Waals surface area contributed by atoms with Crippen LogP contribution in [0.1, 0.15) is 23.4 Å². The lowest BCUT2D eigenvalue weighted by Gasteiger charge is -2.09. The van der Waals surface area contributed by atoms with Gasteiger partial charge in [0.1, 0.15) is 11.5 Å². The van der Waals surface area contributed by atoms with Crippen LogP contribution in [0, 0.1) is 13.8 Å². The second-order valence-corrected chi connectivity index (χ2v) is 4.72. The zero-order valence-electron chi connectivity index (χ0n) is 12.2. The summed E-state index contributed by atoms with van der Waals surface area (Å²) in [5.41, 5.74) is 8.02. The van der Waals surface area contributed by atoms with Gasteiger partial charge in [-0.15, -0.1) is 0 Å². The van der Waals surface area contributed by atoms with Gasteiger partial charge in [0, 0.05) is 12.1 Å². The fourth-order valence-corrected chi connectivity index (χ4v) is 1.90. The molecule has 0 aliphatic rings. The molecule has 21 heavy (non-hydrogen) atoms. The number of anilines is 1. The summed E-state index contributed by atoms with van der Waals surface area (Å²) in [6.07, 6.45) is 0.262. The molecule has 2 rings (SSSR count). The van der Waals surface area contributed by atoms with Gasteiger partial charge in [-0.3, -0.25) is 4.79 Å². The molecule has 3 N–H and O–H groups in total. The Kier molecular flexibility index (Phi) is 4.81. The first-order valence-electron chi connectivity index (χ1n) is 6.73. The zero-order valence-corrected chi connectivity index (χ0v) is 12.2. The molecule has 0 aliphatic heterocycles. The quantitative estimate of drug-likeness (QED) is 0.793. The normalized spacial score (nSPS) is 10.4. The molecule has 1 heterocycles. The number of nitrogen functional groups attached to an aromatic ring is 1. The summed E-state index contributed by atoms with van der Waals surface area (Å²) in [6, 6.07) is 7.20. The molecular weight excluding hydrogens is 270 g/mol. The van der Waals surface area contributed by atoms with Crippen molar-refractivity contribution in [3.8, 4) is 5.75 Å². The van der Waals surface area contributed by atoms with Gasteiger partial charge in [-0.1, -0.05) is 17.3 Å². The Balaban J connectivity index is 1.74. The summed E-state index contributed by atoms with van der Waals surface area (Å²) >= 11 is 0. The molecule has 0 saturated carbocycles. The molecule has 0 bridgehead atoms. The summed E-state index contributed by atoms with van der Waals surface area (Å²) in [7, 11) is 0. The third kappa shape index (κ3) is 3.98. The highest BCUT2D eigenvalue weighted by Gasteiger charge is 2.10. The highest BCUT2D eigenvalue weighted by atomic mass is 16.5. The van der Waals surface area contributed by atoms with Crippen molar-refractivity contribution in [1.82, 2.24) is 10.5 Å². The number of carbonyl (C=O) groups is 1. The molecule has 1 aromatic heterocycles. The van der Waals surface area contributed by atoms with E-state index in [0.29, 0.717) is 18.0 Å². The van der Waals surface area contributed by atoms with Crippen LogP contribution in [0.15, 0.2) is 28.8 Å². The predicted octanol–water partition coefficient (Wildman–Crippen LogP) is 1.96. The minimum absolute atomic E-state index is 0.0931. The molecule has 1 aromatic carbocycles. The van der Waals surface area contributed by atoms with E-state index in [9.17, 15) is 4.79 Å². The van der Waals surface area contributed by atoms with Crippen molar-refractivity contribution in [2.24, 2.45) is 0 Å². The van der Waals surface area contributed by atoms with Crippen LogP contribution in [0.3, 0.4) is 0 Å². The predicted molar refractivity (Wildman–Crippen MR) is 78.8 cm³/mol. The van der Waals surface area contributed by atoms with Crippen molar-refractivity contribution in [2.45, 2.75) is 26.8 Å². The maximum atomic E-state index is 11.8. The lowest BCUT2D eigenvalue weighted by Crippen LogP contribution is -2.24. The largest absolute Gasteiger partial charge is 0.491 e. The van der Waals surface area contributed by atoms with E-state index in [1.807, 2.05) is 26.0 Å². The van der Waals surface area contributed by atoms with Gasteiger partial charge in [0.15, 0.2) is 0 Å². The van der Waals surface area contributed by atoms with Crippen LogP contribution in [0.25, 0.3) is 0 Å². The fraction of sp³-hybridized carbons (Fsp3) is 0.333. The SMILES string of the molecule is Cc1noc(C)c1CNC(=O)CCOc1ccccc1N. The van der Waals surface area contributed by atoms with Gasteiger partial charge >= 0.3 is 0 Å². The van der Waals surface area contributed by atoms with Crippen molar-refractivity contribution in [1.29, 1.82) is 0 Å². The van der Waals surface area contributed by atoms with Gasteiger partial charge < -0.3 is 20.3 Å². The zero-order chi connectivity index (χ0) is 15.2. The molecule has 0 radical (unpaired) electrons. The number of aromatic nitrogens is 1. The van der Waals surface area contributed by atoms with E-state index < -0.39 is 0 Å². The smallest absolute Gasteiger partial charge is 0.223 e. The molecule has 0 saturated heterocycles. The van der Waals surface area contributed by atoms with Crippen LogP contribution in [0.5, 0.6) is 5.75 Å². The van der Waals surface area contributed by atoms with Crippen LogP contribution >= 0.6 is 0 Å². The first-order valence-corrected chi connectivity index (χ1v) is 6.73. The van der Waals surface area contributed by atoms with Crippen molar-refractivity contribution < 1.29 is 14.1 Å². The molecule has 0 fully saturated rings. The summed E-state index contributed by atoms with van der Waals surface area (Å²) in [4.78, 5) is 11.8. The molecular formula is C15H19N3O3. The van der Waals surface area contributed by atoms with Gasteiger partial charge in [-0.25, -0.2) is 0 Å². The van der Waals surface area contributed by atoms with E-state index in [2.05, 4.69) is 10.5 Å². The molecule has 0 unspecified atom stereocenters. The Morgan fingerprint density at radius 1 is 1.38 bits per heavy atom. The fourth-order valence-electron chi connectivity index (χ4n) is 1.90. The monoisotopic (exact) mass is 289 g/mol. The van der Waals surface area contributed by atoms with Crippen molar-refractivity contribution in [3.63, 3.8) is 0 Å². The van der Waals surface area contributed by atoms with E-state index in [-0.39, 0.29) is 18.9 Å². The van der Waals surface area contributed by atoms with E-state index in [1.165, 1.54) is 0 Å². The van der Waals surface area contributed by atoms with Crippen LogP contribution < -0.4 is 15.8 Å². The maximum absolute atomic E-state index is 11.8. The number of nitrogens with one attached hydrogen (secondary N) is 1. The number of hydrogen-bond acceptors (Lipinski definition) is 5. The molecule has 0 aliphatic carbocycles. The molecule has 2 aromatic rings. The number of carbonyl (C=O) groups excluding carboxylic acids is 1. The van der Waals surface area contributed by atoms with Crippen LogP contribution in [0.4, 0.5) is 5.69 Å². The third-order valence-corrected chi connectivity index (χ3v) is 3.15. The number of para-hydroxylation sites is 2. The van der Waals surface area contributed by atoms with E-state index >= 15 is 0 Å². The number of amides is 1. The second-order valence-electron chi connectivity index (χ2n) is 4.72. The number of benzene rings is 1. The second kappa shape index (κ2) is 6.78. The standard InChI is InChI=1S/C15H19N3O3/c1-10-12(11(2)21-18-10)9-17-15(19)7-8-20-14-6-4-3-5-13(14)16/h3-6H,7-9,16H2,1-2H3,(H,17,19). The molecule has 6 nitrogen and oxygen atoms in total. The average Bonchev–Trinajstić information content (AvgIpc) is 2.78. The summed E-state index contributed by atoms with van der Waals surface area (Å²) in [6.45, 7) is 4.36. The minimum Gasteiger partial charge on any atom is -0.491 e. The molecule has 112 valence electrons. The number of nitrogens with two attached hydrogens (primary N) is 1. The van der Waals surface area contributed by atoms with Crippen LogP contribution in [-0.2, 0) is 11.3 Å². The van der Waals surface area contributed by atoms with E-state index in [0.717, 1.165) is 17.0 Å². The first-order chi connectivity index (χ1) is 10.1. The summed E-state index contributed by atoms with van der Waals surface area (Å²) in [5.74, 6) is 1.22. The van der Waals surface area contributed by atoms with Gasteiger partial charge in [0.2, 0.25) is 5.91 Å². The average molecular weight is 289 g/mol. The Hall–Kier alpha value is -2.50. The number of aryl methyl sites for hydroxylation is 2. The van der Waals surface area contributed by atoms with Gasteiger partial charge in [-0.2, -0.15) is 0 Å². The number of ether oxygens (including phenoxy) is 1. The van der Waals surface area contributed by atoms with Crippen LogP contribution in [-0.4, -0.2) is 17.7 Å². The van der Waals surface area contributed by atoms with E-state index in [1.54, 1.807) is 12.1 Å². The first kappa shape index (κ1) is 14.9. The lowest BCUT2D eigenvalue weighted by atomic mass is 10.2. The van der Waals surface area contributed by atoms with E-state index in [4.69, 9.17) is 15.0 Å². The van der Waals surface area contributed by atoms with Crippen LogP contribution in [0.2, 0.25) is 0 Å². The number of hydrogen-bond donors (Lipinski definition) is 2. The molecule has 0 spiro atoms. The number of rotatable bonds is 6. The highest BCUT2D eigenvalue weighted by Crippen LogP contribution is 2.19. The third-order valence-electron chi connectivity index (χ3n) is 3.15.